The van der Waals surface area contributed by atoms with Crippen LogP contribution in [0.3, 0.4) is 0 Å². The van der Waals surface area contributed by atoms with Gasteiger partial charge in [-0.05, 0) is 18.8 Å². The maximum absolute atomic E-state index is 12.0. The van der Waals surface area contributed by atoms with Crippen LogP contribution in [0.2, 0.25) is 0 Å². The molecular formula is C15H19NO2. The molecule has 96 valence electrons. The highest BCUT2D eigenvalue weighted by molar-refractivity contribution is 6.07. The summed E-state index contributed by atoms with van der Waals surface area (Å²) in [5.41, 5.74) is 0.621. The minimum atomic E-state index is -0.0844. The summed E-state index contributed by atoms with van der Waals surface area (Å²) in [4.78, 5) is 25.8. The predicted molar refractivity (Wildman–Crippen MR) is 70.4 cm³/mol. The number of hydrogen-bond donors (Lipinski definition) is 0. The highest BCUT2D eigenvalue weighted by atomic mass is 16.2. The molecule has 1 unspecified atom stereocenters. The van der Waals surface area contributed by atoms with E-state index in [9.17, 15) is 9.59 Å². The van der Waals surface area contributed by atoms with E-state index in [2.05, 4.69) is 6.92 Å². The number of carbonyl (C=O) groups is 2. The summed E-state index contributed by atoms with van der Waals surface area (Å²) in [6.45, 7) is 3.74. The van der Waals surface area contributed by atoms with E-state index in [-0.39, 0.29) is 18.1 Å². The van der Waals surface area contributed by atoms with Crippen molar-refractivity contribution < 1.29 is 9.59 Å². The summed E-state index contributed by atoms with van der Waals surface area (Å²) < 4.78 is 0. The second-order valence-corrected chi connectivity index (χ2v) is 5.05. The fourth-order valence-electron chi connectivity index (χ4n) is 2.39. The van der Waals surface area contributed by atoms with Gasteiger partial charge < -0.3 is 4.90 Å². The molecule has 0 aromatic heterocycles. The van der Waals surface area contributed by atoms with Crippen LogP contribution in [0.1, 0.15) is 36.5 Å². The van der Waals surface area contributed by atoms with Crippen LogP contribution in [0.15, 0.2) is 30.3 Å². The summed E-state index contributed by atoms with van der Waals surface area (Å²) in [6, 6.07) is 9.02. The summed E-state index contributed by atoms with van der Waals surface area (Å²) in [5, 5.41) is 0. The molecule has 0 radical (unpaired) electrons. The molecule has 1 amide bonds. The van der Waals surface area contributed by atoms with E-state index in [1.54, 1.807) is 12.1 Å². The third-order valence-corrected chi connectivity index (χ3v) is 3.42. The fourth-order valence-corrected chi connectivity index (χ4v) is 2.39. The van der Waals surface area contributed by atoms with Gasteiger partial charge in [-0.1, -0.05) is 37.3 Å². The molecule has 1 aromatic carbocycles. The van der Waals surface area contributed by atoms with Gasteiger partial charge in [0.15, 0.2) is 5.78 Å². The molecule has 18 heavy (non-hydrogen) atoms. The van der Waals surface area contributed by atoms with E-state index in [0.29, 0.717) is 11.5 Å². The molecule has 0 saturated carbocycles. The number of amides is 1. The lowest BCUT2D eigenvalue weighted by Gasteiger charge is -2.30. The summed E-state index contributed by atoms with van der Waals surface area (Å²) in [6.07, 6.45) is 2.22. The zero-order chi connectivity index (χ0) is 13.0. The standard InChI is InChI=1S/C15H19NO2/c1-12-6-5-9-16(11-12)15(18)10-14(17)13-7-3-2-4-8-13/h2-4,7-8,12H,5-6,9-11H2,1H3. The van der Waals surface area contributed by atoms with Crippen LogP contribution < -0.4 is 0 Å². The Hall–Kier alpha value is -1.64. The van der Waals surface area contributed by atoms with Crippen LogP contribution in [0.4, 0.5) is 0 Å². The first-order valence-corrected chi connectivity index (χ1v) is 6.53. The Kier molecular flexibility index (Phi) is 4.13. The largest absolute Gasteiger partial charge is 0.342 e. The Bertz CT molecular complexity index is 427. The summed E-state index contributed by atoms with van der Waals surface area (Å²) in [5.74, 6) is 0.434. The van der Waals surface area contributed by atoms with Gasteiger partial charge in [0.1, 0.15) is 0 Å². The van der Waals surface area contributed by atoms with Crippen molar-refractivity contribution in [1.29, 1.82) is 0 Å². The number of Topliss-reactive ketones (excluding diaryl/α,β-unsaturated/α-hetero) is 1. The molecular weight excluding hydrogens is 226 g/mol. The molecule has 2 rings (SSSR count). The predicted octanol–water partition coefficient (Wildman–Crippen LogP) is 2.52. The van der Waals surface area contributed by atoms with E-state index in [0.717, 1.165) is 19.5 Å². The van der Waals surface area contributed by atoms with Crippen molar-refractivity contribution in [1.82, 2.24) is 4.90 Å². The Labute approximate surface area is 108 Å². The number of nitrogens with zero attached hydrogens (tertiary/aromatic N) is 1. The van der Waals surface area contributed by atoms with Gasteiger partial charge in [-0.2, -0.15) is 0 Å². The molecule has 0 N–H and O–H groups in total. The quantitative estimate of drug-likeness (QED) is 0.606. The first kappa shape index (κ1) is 12.8. The lowest BCUT2D eigenvalue weighted by Crippen LogP contribution is -2.39. The molecule has 3 heteroatoms. The number of hydrogen-bond acceptors (Lipinski definition) is 2. The van der Waals surface area contributed by atoms with Gasteiger partial charge in [0.25, 0.3) is 0 Å². The van der Waals surface area contributed by atoms with E-state index in [1.807, 2.05) is 23.1 Å². The van der Waals surface area contributed by atoms with Gasteiger partial charge in [0.2, 0.25) is 5.91 Å². The second kappa shape index (κ2) is 5.80. The molecule has 3 nitrogen and oxygen atoms in total. The van der Waals surface area contributed by atoms with E-state index in [4.69, 9.17) is 0 Å². The first-order chi connectivity index (χ1) is 8.66. The van der Waals surface area contributed by atoms with Crippen molar-refractivity contribution in [3.63, 3.8) is 0 Å². The van der Waals surface area contributed by atoms with E-state index in [1.165, 1.54) is 6.42 Å². The van der Waals surface area contributed by atoms with E-state index < -0.39 is 0 Å². The van der Waals surface area contributed by atoms with Crippen LogP contribution in [-0.4, -0.2) is 29.7 Å². The Morgan fingerprint density at radius 3 is 2.67 bits per heavy atom. The molecule has 0 aliphatic carbocycles. The van der Waals surface area contributed by atoms with Crippen LogP contribution >= 0.6 is 0 Å². The van der Waals surface area contributed by atoms with Crippen molar-refractivity contribution in [3.8, 4) is 0 Å². The molecule has 0 spiro atoms. The number of carbonyl (C=O) groups excluding carboxylic acids is 2. The maximum atomic E-state index is 12.0. The van der Waals surface area contributed by atoms with Crippen molar-refractivity contribution in [3.05, 3.63) is 35.9 Å². The molecule has 1 aliphatic heterocycles. The van der Waals surface area contributed by atoms with Crippen LogP contribution in [0, 0.1) is 5.92 Å². The van der Waals surface area contributed by atoms with E-state index >= 15 is 0 Å². The highest BCUT2D eigenvalue weighted by Crippen LogP contribution is 2.16. The molecule has 1 aromatic rings. The van der Waals surface area contributed by atoms with Crippen molar-refractivity contribution in [2.75, 3.05) is 13.1 Å². The van der Waals surface area contributed by atoms with Crippen molar-refractivity contribution in [2.45, 2.75) is 26.2 Å². The SMILES string of the molecule is CC1CCCN(C(=O)CC(=O)c2ccccc2)C1. The number of piperidine rings is 1. The molecule has 1 heterocycles. The Morgan fingerprint density at radius 2 is 2.00 bits per heavy atom. The van der Waals surface area contributed by atoms with Gasteiger partial charge >= 0.3 is 0 Å². The van der Waals surface area contributed by atoms with Gasteiger partial charge in [0.05, 0.1) is 6.42 Å². The topological polar surface area (TPSA) is 37.4 Å². The van der Waals surface area contributed by atoms with Crippen LogP contribution in [0.25, 0.3) is 0 Å². The minimum absolute atomic E-state index is 0.00324. The number of ketones is 1. The zero-order valence-electron chi connectivity index (χ0n) is 10.8. The molecule has 1 fully saturated rings. The number of benzene rings is 1. The van der Waals surface area contributed by atoms with Crippen LogP contribution in [0.5, 0.6) is 0 Å². The maximum Gasteiger partial charge on any atom is 0.230 e. The average molecular weight is 245 g/mol. The Balaban J connectivity index is 1.93. The lowest BCUT2D eigenvalue weighted by atomic mass is 9.99. The minimum Gasteiger partial charge on any atom is -0.342 e. The monoisotopic (exact) mass is 245 g/mol. The van der Waals surface area contributed by atoms with Gasteiger partial charge in [-0.3, -0.25) is 9.59 Å². The summed E-state index contributed by atoms with van der Waals surface area (Å²) >= 11 is 0. The van der Waals surface area contributed by atoms with Gasteiger partial charge in [-0.25, -0.2) is 0 Å². The van der Waals surface area contributed by atoms with Crippen molar-refractivity contribution in [2.24, 2.45) is 5.92 Å². The third kappa shape index (κ3) is 3.19. The zero-order valence-corrected chi connectivity index (χ0v) is 10.8. The first-order valence-electron chi connectivity index (χ1n) is 6.53. The number of rotatable bonds is 3. The number of likely N-dealkylation sites (tertiary alicyclic amines) is 1. The lowest BCUT2D eigenvalue weighted by molar-refractivity contribution is -0.131. The van der Waals surface area contributed by atoms with Crippen LogP contribution in [-0.2, 0) is 4.79 Å². The normalized spacial score (nSPS) is 19.6. The molecule has 1 atom stereocenters. The van der Waals surface area contributed by atoms with Gasteiger partial charge in [0, 0.05) is 18.7 Å². The summed E-state index contributed by atoms with van der Waals surface area (Å²) in [7, 11) is 0. The smallest absolute Gasteiger partial charge is 0.230 e. The molecule has 1 aliphatic rings. The van der Waals surface area contributed by atoms with Crippen molar-refractivity contribution >= 4 is 11.7 Å². The molecule has 0 bridgehead atoms. The molecule has 1 saturated heterocycles. The fraction of sp³-hybridized carbons (Fsp3) is 0.467. The second-order valence-electron chi connectivity index (χ2n) is 5.05. The highest BCUT2D eigenvalue weighted by Gasteiger charge is 2.22. The van der Waals surface area contributed by atoms with Gasteiger partial charge in [-0.15, -0.1) is 0 Å². The third-order valence-electron chi connectivity index (χ3n) is 3.42. The average Bonchev–Trinajstić information content (AvgIpc) is 2.39. The Morgan fingerprint density at radius 1 is 1.28 bits per heavy atom.